The molecule has 5 nitrogen and oxygen atoms in total. The summed E-state index contributed by atoms with van der Waals surface area (Å²) < 4.78 is 5.07. The molecule has 7 heteroatoms. The van der Waals surface area contributed by atoms with Crippen LogP contribution in [0.25, 0.3) is 0 Å². The van der Waals surface area contributed by atoms with E-state index >= 15 is 0 Å². The molecule has 0 atom stereocenters. The Morgan fingerprint density at radius 1 is 1.29 bits per heavy atom. The average molecular weight is 331 g/mol. The molecule has 0 aliphatic carbocycles. The zero-order valence-corrected chi connectivity index (χ0v) is 14.0. The van der Waals surface area contributed by atoms with Crippen LogP contribution in [0.2, 0.25) is 5.02 Å². The van der Waals surface area contributed by atoms with Gasteiger partial charge in [-0.25, -0.2) is 0 Å². The first-order valence-electron chi connectivity index (χ1n) is 6.29. The molecule has 1 aromatic rings. The molecule has 0 bridgehead atoms. The first-order valence-corrected chi connectivity index (χ1v) is 7.66. The van der Waals surface area contributed by atoms with Crippen LogP contribution in [0.4, 0.5) is 0 Å². The molecule has 2 amide bonds. The fraction of sp³-hybridized carbons (Fsp3) is 0.429. The zero-order valence-electron chi connectivity index (χ0n) is 12.5. The van der Waals surface area contributed by atoms with E-state index in [-0.39, 0.29) is 16.4 Å². The predicted octanol–water partition coefficient (Wildman–Crippen LogP) is 2.64. The number of methoxy groups -OCH3 is 1. The molecule has 0 heterocycles. The third-order valence-corrected chi connectivity index (χ3v) is 3.87. The van der Waals surface area contributed by atoms with Gasteiger partial charge in [0.1, 0.15) is 5.75 Å². The Balaban J connectivity index is 2.56. The number of halogens is 1. The van der Waals surface area contributed by atoms with Crippen LogP contribution in [0.3, 0.4) is 0 Å². The van der Waals surface area contributed by atoms with Crippen LogP contribution in [0.1, 0.15) is 31.1 Å². The largest absolute Gasteiger partial charge is 0.496 e. The average Bonchev–Trinajstić information content (AvgIpc) is 2.41. The molecule has 1 aromatic carbocycles. The van der Waals surface area contributed by atoms with Gasteiger partial charge in [-0.1, -0.05) is 32.4 Å². The van der Waals surface area contributed by atoms with E-state index in [4.69, 9.17) is 16.3 Å². The number of thioether (sulfide) groups is 1. The zero-order chi connectivity index (χ0) is 16.0. The molecular formula is C14H19ClN2O3S. The fourth-order valence-electron chi connectivity index (χ4n) is 1.36. The number of rotatable bonds is 4. The number of amides is 2. The standard InChI is InChI=1S/C14H19ClN2O3S/c1-14(2,3)21-8-12(18)16-17-13(19)10-6-5-9(15)7-11(10)20-4/h5-7H,8H2,1-4H3,(H,16,18)(H,17,19). The number of carbonyl (C=O) groups is 2. The van der Waals surface area contributed by atoms with Crippen LogP contribution < -0.4 is 15.6 Å². The van der Waals surface area contributed by atoms with E-state index in [1.807, 2.05) is 20.8 Å². The van der Waals surface area contributed by atoms with Crippen molar-refractivity contribution in [2.24, 2.45) is 0 Å². The maximum absolute atomic E-state index is 12.0. The third-order valence-electron chi connectivity index (χ3n) is 2.36. The van der Waals surface area contributed by atoms with Gasteiger partial charge in [0.15, 0.2) is 0 Å². The normalized spacial score (nSPS) is 10.9. The van der Waals surface area contributed by atoms with E-state index in [2.05, 4.69) is 10.9 Å². The highest BCUT2D eigenvalue weighted by atomic mass is 35.5. The summed E-state index contributed by atoms with van der Waals surface area (Å²) in [4.78, 5) is 23.6. The number of hydrazine groups is 1. The molecular weight excluding hydrogens is 312 g/mol. The number of benzene rings is 1. The van der Waals surface area contributed by atoms with Crippen molar-refractivity contribution in [1.82, 2.24) is 10.9 Å². The van der Waals surface area contributed by atoms with Gasteiger partial charge in [-0.2, -0.15) is 0 Å². The van der Waals surface area contributed by atoms with E-state index in [0.29, 0.717) is 16.3 Å². The minimum absolute atomic E-state index is 0.0131. The molecule has 0 aromatic heterocycles. The highest BCUT2D eigenvalue weighted by Crippen LogP contribution is 2.23. The third kappa shape index (κ3) is 6.27. The van der Waals surface area contributed by atoms with Gasteiger partial charge in [-0.05, 0) is 18.2 Å². The Morgan fingerprint density at radius 2 is 1.95 bits per heavy atom. The maximum Gasteiger partial charge on any atom is 0.273 e. The smallest absolute Gasteiger partial charge is 0.273 e. The van der Waals surface area contributed by atoms with Crippen molar-refractivity contribution in [2.75, 3.05) is 12.9 Å². The van der Waals surface area contributed by atoms with Gasteiger partial charge in [0.2, 0.25) is 5.91 Å². The molecule has 0 aliphatic rings. The summed E-state index contributed by atoms with van der Waals surface area (Å²) in [5.74, 6) is -0.117. The Morgan fingerprint density at radius 3 is 2.52 bits per heavy atom. The van der Waals surface area contributed by atoms with Crippen molar-refractivity contribution in [3.05, 3.63) is 28.8 Å². The van der Waals surface area contributed by atoms with Crippen LogP contribution in [-0.2, 0) is 4.79 Å². The molecule has 0 radical (unpaired) electrons. The number of nitrogens with one attached hydrogen (secondary N) is 2. The van der Waals surface area contributed by atoms with Gasteiger partial charge in [0.05, 0.1) is 18.4 Å². The lowest BCUT2D eigenvalue weighted by Crippen LogP contribution is -2.43. The second-order valence-electron chi connectivity index (χ2n) is 5.25. The second kappa shape index (κ2) is 7.56. The van der Waals surface area contributed by atoms with E-state index in [1.165, 1.54) is 31.0 Å². The first kappa shape index (κ1) is 17.7. The summed E-state index contributed by atoms with van der Waals surface area (Å²) in [5.41, 5.74) is 5.02. The van der Waals surface area contributed by atoms with Crippen LogP contribution in [0.15, 0.2) is 18.2 Å². The molecule has 116 valence electrons. The quantitative estimate of drug-likeness (QED) is 0.833. The summed E-state index contributed by atoms with van der Waals surface area (Å²) in [6.45, 7) is 6.05. The van der Waals surface area contributed by atoms with E-state index in [1.54, 1.807) is 6.07 Å². The minimum Gasteiger partial charge on any atom is -0.496 e. The molecule has 0 aliphatic heterocycles. The van der Waals surface area contributed by atoms with Gasteiger partial charge in [0, 0.05) is 9.77 Å². The van der Waals surface area contributed by atoms with Crippen molar-refractivity contribution < 1.29 is 14.3 Å². The van der Waals surface area contributed by atoms with Gasteiger partial charge in [0.25, 0.3) is 5.91 Å². The maximum atomic E-state index is 12.0. The predicted molar refractivity (Wildman–Crippen MR) is 85.8 cm³/mol. The first-order chi connectivity index (χ1) is 9.73. The second-order valence-corrected chi connectivity index (χ2v) is 7.49. The lowest BCUT2D eigenvalue weighted by Gasteiger charge is -2.17. The van der Waals surface area contributed by atoms with E-state index < -0.39 is 5.91 Å². The molecule has 21 heavy (non-hydrogen) atoms. The van der Waals surface area contributed by atoms with Crippen molar-refractivity contribution in [1.29, 1.82) is 0 Å². The summed E-state index contributed by atoms with van der Waals surface area (Å²) in [5, 5.41) is 0.467. The molecule has 0 saturated heterocycles. The summed E-state index contributed by atoms with van der Waals surface area (Å²) in [6, 6.07) is 4.65. The van der Waals surface area contributed by atoms with Crippen molar-refractivity contribution in [3.8, 4) is 5.75 Å². The Labute approximate surface area is 133 Å². The van der Waals surface area contributed by atoms with Crippen molar-refractivity contribution in [3.63, 3.8) is 0 Å². The van der Waals surface area contributed by atoms with E-state index in [0.717, 1.165) is 0 Å². The molecule has 1 rings (SSSR count). The van der Waals surface area contributed by atoms with Crippen molar-refractivity contribution in [2.45, 2.75) is 25.5 Å². The van der Waals surface area contributed by atoms with Gasteiger partial charge in [-0.15, -0.1) is 11.8 Å². The topological polar surface area (TPSA) is 67.4 Å². The lowest BCUT2D eigenvalue weighted by atomic mass is 10.2. The summed E-state index contributed by atoms with van der Waals surface area (Å²) in [7, 11) is 1.45. The fourth-order valence-corrected chi connectivity index (χ4v) is 2.16. The van der Waals surface area contributed by atoms with Crippen LogP contribution in [-0.4, -0.2) is 29.4 Å². The molecule has 0 spiro atoms. The van der Waals surface area contributed by atoms with Gasteiger partial charge < -0.3 is 4.74 Å². The summed E-state index contributed by atoms with van der Waals surface area (Å²) in [6.07, 6.45) is 0. The Kier molecular flexibility index (Phi) is 6.36. The monoisotopic (exact) mass is 330 g/mol. The van der Waals surface area contributed by atoms with E-state index in [9.17, 15) is 9.59 Å². The highest BCUT2D eigenvalue weighted by Gasteiger charge is 2.15. The number of hydrogen-bond donors (Lipinski definition) is 2. The number of carbonyl (C=O) groups excluding carboxylic acids is 2. The van der Waals surface area contributed by atoms with Crippen LogP contribution >= 0.6 is 23.4 Å². The molecule has 2 N–H and O–H groups in total. The van der Waals surface area contributed by atoms with Gasteiger partial charge in [-0.3, -0.25) is 20.4 Å². The van der Waals surface area contributed by atoms with Crippen LogP contribution in [0, 0.1) is 0 Å². The highest BCUT2D eigenvalue weighted by molar-refractivity contribution is 8.01. The lowest BCUT2D eigenvalue weighted by molar-refractivity contribution is -0.119. The van der Waals surface area contributed by atoms with Crippen LogP contribution in [0.5, 0.6) is 5.75 Å². The number of hydrogen-bond acceptors (Lipinski definition) is 4. The Hall–Kier alpha value is -1.40. The summed E-state index contributed by atoms with van der Waals surface area (Å²) >= 11 is 7.32. The SMILES string of the molecule is COc1cc(Cl)ccc1C(=O)NNC(=O)CSC(C)(C)C. The molecule has 0 fully saturated rings. The van der Waals surface area contributed by atoms with Crippen molar-refractivity contribution >= 4 is 35.2 Å². The molecule has 0 unspecified atom stereocenters. The van der Waals surface area contributed by atoms with Gasteiger partial charge >= 0.3 is 0 Å². The molecule has 0 saturated carbocycles. The number of ether oxygens (including phenoxy) is 1. The Bertz CT molecular complexity index is 529. The minimum atomic E-state index is -0.461.